The Labute approximate surface area is 130 Å². The predicted octanol–water partition coefficient (Wildman–Crippen LogP) is 1.92. The number of rotatable bonds is 10. The maximum atomic E-state index is 11.4. The summed E-state index contributed by atoms with van der Waals surface area (Å²) in [6.45, 7) is 2.73. The van der Waals surface area contributed by atoms with Gasteiger partial charge in [-0.25, -0.2) is 0 Å². The third-order valence-corrected chi connectivity index (χ3v) is 2.79. The van der Waals surface area contributed by atoms with Crippen LogP contribution in [0.15, 0.2) is 24.3 Å². The number of carbonyl (C=O) groups excluding carboxylic acids is 2. The van der Waals surface area contributed by atoms with E-state index in [2.05, 4.69) is 5.32 Å². The molecule has 0 atom stereocenters. The molecule has 1 rings (SSSR count). The van der Waals surface area contributed by atoms with Crippen molar-refractivity contribution < 1.29 is 23.8 Å². The lowest BCUT2D eigenvalue weighted by molar-refractivity contribution is -0.148. The molecule has 0 radical (unpaired) electrons. The van der Waals surface area contributed by atoms with Crippen LogP contribution >= 0.6 is 0 Å². The van der Waals surface area contributed by atoms with E-state index in [1.807, 2.05) is 6.92 Å². The Balaban J connectivity index is 2.10. The molecule has 22 heavy (non-hydrogen) atoms. The van der Waals surface area contributed by atoms with Gasteiger partial charge in [-0.1, -0.05) is 6.92 Å². The van der Waals surface area contributed by atoms with Crippen LogP contribution in [0.5, 0.6) is 11.5 Å². The molecule has 0 aliphatic rings. The standard InChI is InChI=1S/C16H23NO5/c1-3-10-17-15(18)12-22-16(19)5-4-11-21-14-8-6-13(20-2)7-9-14/h6-9H,3-5,10-12H2,1-2H3,(H,17,18). The molecule has 0 aliphatic carbocycles. The number of hydrogen-bond acceptors (Lipinski definition) is 5. The van der Waals surface area contributed by atoms with Gasteiger partial charge in [-0.2, -0.15) is 0 Å². The zero-order valence-electron chi connectivity index (χ0n) is 13.1. The first-order chi connectivity index (χ1) is 10.7. The molecule has 0 bridgehead atoms. The van der Waals surface area contributed by atoms with Crippen LogP contribution in [-0.2, 0) is 14.3 Å². The zero-order chi connectivity index (χ0) is 16.2. The number of hydrogen-bond donors (Lipinski definition) is 1. The topological polar surface area (TPSA) is 73.9 Å². The van der Waals surface area contributed by atoms with Crippen molar-refractivity contribution in [2.45, 2.75) is 26.2 Å². The van der Waals surface area contributed by atoms with Crippen molar-refractivity contribution in [3.05, 3.63) is 24.3 Å². The molecule has 6 nitrogen and oxygen atoms in total. The highest BCUT2D eigenvalue weighted by atomic mass is 16.5. The second kappa shape index (κ2) is 10.5. The van der Waals surface area contributed by atoms with Gasteiger partial charge in [0.1, 0.15) is 11.5 Å². The fourth-order valence-corrected chi connectivity index (χ4v) is 1.61. The minimum Gasteiger partial charge on any atom is -0.497 e. The Kier molecular flexibility index (Phi) is 8.49. The third kappa shape index (κ3) is 7.52. The first-order valence-electron chi connectivity index (χ1n) is 7.35. The van der Waals surface area contributed by atoms with Crippen molar-refractivity contribution in [1.29, 1.82) is 0 Å². The van der Waals surface area contributed by atoms with E-state index >= 15 is 0 Å². The Morgan fingerprint density at radius 1 is 1.14 bits per heavy atom. The molecule has 1 N–H and O–H groups in total. The highest BCUT2D eigenvalue weighted by Crippen LogP contribution is 2.17. The molecule has 6 heteroatoms. The van der Waals surface area contributed by atoms with Gasteiger partial charge in [-0.15, -0.1) is 0 Å². The molecule has 0 spiro atoms. The predicted molar refractivity (Wildman–Crippen MR) is 82.0 cm³/mol. The molecular formula is C16H23NO5. The van der Waals surface area contributed by atoms with Crippen molar-refractivity contribution in [2.24, 2.45) is 0 Å². The summed E-state index contributed by atoms with van der Waals surface area (Å²) >= 11 is 0. The fourth-order valence-electron chi connectivity index (χ4n) is 1.61. The summed E-state index contributed by atoms with van der Waals surface area (Å²) in [6, 6.07) is 7.21. The molecule has 0 fully saturated rings. The number of methoxy groups -OCH3 is 1. The van der Waals surface area contributed by atoms with Crippen LogP contribution in [0.1, 0.15) is 26.2 Å². The monoisotopic (exact) mass is 309 g/mol. The summed E-state index contributed by atoms with van der Waals surface area (Å²) in [7, 11) is 1.60. The fraction of sp³-hybridized carbons (Fsp3) is 0.500. The molecule has 1 amide bonds. The van der Waals surface area contributed by atoms with Crippen LogP contribution < -0.4 is 14.8 Å². The molecule has 0 saturated carbocycles. The SMILES string of the molecule is CCCNC(=O)COC(=O)CCCOc1ccc(OC)cc1. The van der Waals surface area contributed by atoms with E-state index in [-0.39, 0.29) is 18.9 Å². The molecule has 1 aromatic carbocycles. The van der Waals surface area contributed by atoms with Gasteiger partial charge in [0.2, 0.25) is 0 Å². The lowest BCUT2D eigenvalue weighted by atomic mass is 10.3. The molecule has 122 valence electrons. The highest BCUT2D eigenvalue weighted by Gasteiger charge is 2.07. The molecule has 0 heterocycles. The largest absolute Gasteiger partial charge is 0.497 e. The van der Waals surface area contributed by atoms with Crippen LogP contribution in [0.4, 0.5) is 0 Å². The summed E-state index contributed by atoms with van der Waals surface area (Å²) in [6.07, 6.45) is 1.60. The molecular weight excluding hydrogens is 286 g/mol. The molecule has 1 aromatic rings. The van der Waals surface area contributed by atoms with Gasteiger partial charge in [0.15, 0.2) is 6.61 Å². The lowest BCUT2D eigenvalue weighted by Crippen LogP contribution is -2.29. The van der Waals surface area contributed by atoms with Gasteiger partial charge in [0, 0.05) is 13.0 Å². The maximum Gasteiger partial charge on any atom is 0.306 e. The summed E-state index contributed by atoms with van der Waals surface area (Å²) < 4.78 is 15.4. The molecule has 0 aromatic heterocycles. The Morgan fingerprint density at radius 3 is 2.45 bits per heavy atom. The first-order valence-corrected chi connectivity index (χ1v) is 7.35. The number of ether oxygens (including phenoxy) is 3. The smallest absolute Gasteiger partial charge is 0.306 e. The van der Waals surface area contributed by atoms with Gasteiger partial charge in [0.25, 0.3) is 5.91 Å². The van der Waals surface area contributed by atoms with Crippen molar-refractivity contribution in [3.8, 4) is 11.5 Å². The van der Waals surface area contributed by atoms with Crippen molar-refractivity contribution in [2.75, 3.05) is 26.9 Å². The molecule has 0 aliphatic heterocycles. The van der Waals surface area contributed by atoms with Gasteiger partial charge in [0.05, 0.1) is 13.7 Å². The van der Waals surface area contributed by atoms with E-state index in [4.69, 9.17) is 14.2 Å². The van der Waals surface area contributed by atoms with E-state index in [0.717, 1.165) is 12.2 Å². The van der Waals surface area contributed by atoms with Gasteiger partial charge >= 0.3 is 5.97 Å². The normalized spacial score (nSPS) is 9.91. The maximum absolute atomic E-state index is 11.4. The highest BCUT2D eigenvalue weighted by molar-refractivity contribution is 5.80. The van der Waals surface area contributed by atoms with Crippen molar-refractivity contribution in [3.63, 3.8) is 0 Å². The van der Waals surface area contributed by atoms with Gasteiger partial charge in [-0.05, 0) is 37.1 Å². The second-order valence-corrected chi connectivity index (χ2v) is 4.64. The number of benzene rings is 1. The third-order valence-electron chi connectivity index (χ3n) is 2.79. The van der Waals surface area contributed by atoms with E-state index in [1.165, 1.54) is 0 Å². The Morgan fingerprint density at radius 2 is 1.82 bits per heavy atom. The number of esters is 1. The number of amides is 1. The Bertz CT molecular complexity index is 458. The van der Waals surface area contributed by atoms with Crippen molar-refractivity contribution in [1.82, 2.24) is 5.32 Å². The van der Waals surface area contributed by atoms with Gasteiger partial charge < -0.3 is 19.5 Å². The minimum atomic E-state index is -0.398. The first kappa shape index (κ1) is 17.8. The van der Waals surface area contributed by atoms with E-state index in [9.17, 15) is 9.59 Å². The minimum absolute atomic E-state index is 0.219. The van der Waals surface area contributed by atoms with Crippen molar-refractivity contribution >= 4 is 11.9 Å². The summed E-state index contributed by atoms with van der Waals surface area (Å²) in [5, 5.41) is 2.63. The van der Waals surface area contributed by atoms with E-state index < -0.39 is 5.97 Å². The second-order valence-electron chi connectivity index (χ2n) is 4.64. The Hall–Kier alpha value is -2.24. The quantitative estimate of drug-likeness (QED) is 0.528. The summed E-state index contributed by atoms with van der Waals surface area (Å²) in [5.41, 5.74) is 0. The van der Waals surface area contributed by atoms with Gasteiger partial charge in [-0.3, -0.25) is 9.59 Å². The van der Waals surface area contributed by atoms with E-state index in [0.29, 0.717) is 25.3 Å². The average Bonchev–Trinajstić information content (AvgIpc) is 2.55. The summed E-state index contributed by atoms with van der Waals surface area (Å²) in [5.74, 6) is 0.806. The lowest BCUT2D eigenvalue weighted by Gasteiger charge is -2.07. The van der Waals surface area contributed by atoms with Crippen LogP contribution in [-0.4, -0.2) is 38.7 Å². The molecule has 0 unspecified atom stereocenters. The van der Waals surface area contributed by atoms with Crippen LogP contribution in [0.25, 0.3) is 0 Å². The van der Waals surface area contributed by atoms with E-state index in [1.54, 1.807) is 31.4 Å². The zero-order valence-corrected chi connectivity index (χ0v) is 13.1. The van der Waals surface area contributed by atoms with Crippen LogP contribution in [0, 0.1) is 0 Å². The molecule has 0 saturated heterocycles. The summed E-state index contributed by atoms with van der Waals surface area (Å²) in [4.78, 5) is 22.7. The van der Waals surface area contributed by atoms with Crippen LogP contribution in [0.2, 0.25) is 0 Å². The number of nitrogens with one attached hydrogen (secondary N) is 1. The number of carbonyl (C=O) groups is 2. The average molecular weight is 309 g/mol. The van der Waals surface area contributed by atoms with Crippen LogP contribution in [0.3, 0.4) is 0 Å².